The van der Waals surface area contributed by atoms with E-state index in [1.165, 1.54) is 0 Å². The van der Waals surface area contributed by atoms with Crippen molar-refractivity contribution in [1.82, 2.24) is 0 Å². The highest BCUT2D eigenvalue weighted by Crippen LogP contribution is 2.34. The number of carbonyl (C=O) groups is 1. The van der Waals surface area contributed by atoms with E-state index in [9.17, 15) is 14.9 Å². The van der Waals surface area contributed by atoms with Gasteiger partial charge in [0.1, 0.15) is 0 Å². The molecular formula is C8H5BrCl2N2O3. The van der Waals surface area contributed by atoms with Crippen molar-refractivity contribution >= 4 is 56.4 Å². The second-order valence-corrected chi connectivity index (χ2v) is 4.10. The number of hydrogen-bond acceptors (Lipinski definition) is 3. The summed E-state index contributed by atoms with van der Waals surface area (Å²) in [5.41, 5.74) is -0.0646. The molecule has 0 atom stereocenters. The highest BCUT2D eigenvalue weighted by molar-refractivity contribution is 9.09. The highest BCUT2D eigenvalue weighted by Gasteiger charge is 2.15. The lowest BCUT2D eigenvalue weighted by Crippen LogP contribution is -2.13. The van der Waals surface area contributed by atoms with Crippen molar-refractivity contribution in [2.45, 2.75) is 0 Å². The zero-order valence-corrected chi connectivity index (χ0v) is 10.8. The predicted molar refractivity (Wildman–Crippen MR) is 65.5 cm³/mol. The number of nitro benzene ring substituents is 1. The number of amides is 1. The summed E-state index contributed by atoms with van der Waals surface area (Å²) in [5, 5.41) is 13.0. The molecule has 0 aliphatic heterocycles. The fourth-order valence-corrected chi connectivity index (χ4v) is 1.67. The topological polar surface area (TPSA) is 72.2 Å². The van der Waals surface area contributed by atoms with Crippen LogP contribution in [-0.2, 0) is 4.79 Å². The first kappa shape index (κ1) is 13.2. The first-order chi connectivity index (χ1) is 7.45. The van der Waals surface area contributed by atoms with Crippen molar-refractivity contribution in [2.75, 3.05) is 10.6 Å². The molecule has 0 radical (unpaired) electrons. The highest BCUT2D eigenvalue weighted by atomic mass is 79.9. The van der Waals surface area contributed by atoms with Gasteiger partial charge in [-0.1, -0.05) is 39.1 Å². The average Bonchev–Trinajstić information content (AvgIpc) is 2.22. The third-order valence-corrected chi connectivity index (χ3v) is 2.73. The molecule has 1 amide bonds. The SMILES string of the molecule is O=C(CBr)Nc1c(Cl)cc([N+](=O)[O-])cc1Cl. The second kappa shape index (κ2) is 5.47. The lowest BCUT2D eigenvalue weighted by atomic mass is 10.3. The van der Waals surface area contributed by atoms with E-state index in [1.807, 2.05) is 0 Å². The van der Waals surface area contributed by atoms with Crippen LogP contribution in [0.2, 0.25) is 10.0 Å². The Morgan fingerprint density at radius 3 is 2.31 bits per heavy atom. The fraction of sp³-hybridized carbons (Fsp3) is 0.125. The van der Waals surface area contributed by atoms with Gasteiger partial charge in [-0.3, -0.25) is 14.9 Å². The van der Waals surface area contributed by atoms with E-state index >= 15 is 0 Å². The Balaban J connectivity index is 3.12. The molecule has 0 saturated carbocycles. The third-order valence-electron chi connectivity index (χ3n) is 1.62. The van der Waals surface area contributed by atoms with Gasteiger partial charge in [0.25, 0.3) is 5.69 Å². The van der Waals surface area contributed by atoms with E-state index in [4.69, 9.17) is 23.2 Å². The number of nitro groups is 1. The van der Waals surface area contributed by atoms with Crippen molar-refractivity contribution in [3.8, 4) is 0 Å². The number of halogens is 3. The maximum atomic E-state index is 11.1. The van der Waals surface area contributed by atoms with Gasteiger partial charge in [-0.25, -0.2) is 0 Å². The summed E-state index contributed by atoms with van der Waals surface area (Å²) in [6.07, 6.45) is 0. The Morgan fingerprint density at radius 1 is 1.44 bits per heavy atom. The molecule has 8 heteroatoms. The van der Waals surface area contributed by atoms with Gasteiger partial charge in [-0.05, 0) is 0 Å². The number of benzene rings is 1. The van der Waals surface area contributed by atoms with Gasteiger partial charge >= 0.3 is 0 Å². The number of hydrogen-bond donors (Lipinski definition) is 1. The van der Waals surface area contributed by atoms with Crippen LogP contribution in [-0.4, -0.2) is 16.2 Å². The standard InChI is InChI=1S/C8H5BrCl2N2O3/c9-3-7(14)12-8-5(10)1-4(13(15)16)2-6(8)11/h1-2H,3H2,(H,12,14). The van der Waals surface area contributed by atoms with Crippen LogP contribution in [0.4, 0.5) is 11.4 Å². The number of nitrogens with one attached hydrogen (secondary N) is 1. The molecular weight excluding hydrogens is 323 g/mol. The Hall–Kier alpha value is -0.850. The summed E-state index contributed by atoms with van der Waals surface area (Å²) in [4.78, 5) is 21.0. The average molecular weight is 328 g/mol. The van der Waals surface area contributed by atoms with E-state index < -0.39 is 4.92 Å². The molecule has 0 fully saturated rings. The molecule has 86 valence electrons. The molecule has 1 aromatic rings. The normalized spacial score (nSPS) is 9.94. The summed E-state index contributed by atoms with van der Waals surface area (Å²) in [6, 6.07) is 2.24. The molecule has 0 bridgehead atoms. The molecule has 0 spiro atoms. The van der Waals surface area contributed by atoms with Crippen molar-refractivity contribution < 1.29 is 9.72 Å². The van der Waals surface area contributed by atoms with Gasteiger partial charge in [0.05, 0.1) is 26.0 Å². The number of alkyl halides is 1. The fourth-order valence-electron chi connectivity index (χ4n) is 0.957. The first-order valence-electron chi connectivity index (χ1n) is 3.95. The summed E-state index contributed by atoms with van der Waals surface area (Å²) < 4.78 is 0. The van der Waals surface area contributed by atoms with Crippen molar-refractivity contribution in [3.63, 3.8) is 0 Å². The molecule has 0 aromatic heterocycles. The van der Waals surface area contributed by atoms with Crippen LogP contribution in [0.3, 0.4) is 0 Å². The third kappa shape index (κ3) is 3.07. The monoisotopic (exact) mass is 326 g/mol. The predicted octanol–water partition coefficient (Wildman–Crippen LogP) is 3.24. The van der Waals surface area contributed by atoms with E-state index in [1.54, 1.807) is 0 Å². The summed E-state index contributed by atoms with van der Waals surface area (Å²) >= 11 is 14.5. The maximum Gasteiger partial charge on any atom is 0.272 e. The van der Waals surface area contributed by atoms with Gasteiger partial charge in [-0.15, -0.1) is 0 Å². The second-order valence-electron chi connectivity index (χ2n) is 2.72. The van der Waals surface area contributed by atoms with Crippen LogP contribution < -0.4 is 5.32 Å². The van der Waals surface area contributed by atoms with Crippen LogP contribution >= 0.6 is 39.1 Å². The van der Waals surface area contributed by atoms with Gasteiger partial charge in [0.15, 0.2) is 0 Å². The molecule has 1 N–H and O–H groups in total. The molecule has 0 aliphatic carbocycles. The van der Waals surface area contributed by atoms with Gasteiger partial charge < -0.3 is 5.32 Å². The molecule has 16 heavy (non-hydrogen) atoms. The molecule has 1 rings (SSSR count). The maximum absolute atomic E-state index is 11.1. The molecule has 1 aromatic carbocycles. The van der Waals surface area contributed by atoms with Crippen molar-refractivity contribution in [1.29, 1.82) is 0 Å². The Labute approximate surface area is 109 Å². The van der Waals surface area contributed by atoms with E-state index in [0.717, 1.165) is 12.1 Å². The van der Waals surface area contributed by atoms with Crippen molar-refractivity contribution in [3.05, 3.63) is 32.3 Å². The van der Waals surface area contributed by atoms with Crippen LogP contribution in [0.25, 0.3) is 0 Å². The minimum absolute atomic E-state index is 0.0218. The van der Waals surface area contributed by atoms with Crippen LogP contribution in [0.5, 0.6) is 0 Å². The number of nitrogens with zero attached hydrogens (tertiary/aromatic N) is 1. The lowest BCUT2D eigenvalue weighted by Gasteiger charge is -2.07. The smallest absolute Gasteiger partial charge is 0.272 e. The molecule has 5 nitrogen and oxygen atoms in total. The van der Waals surface area contributed by atoms with Crippen molar-refractivity contribution in [2.24, 2.45) is 0 Å². The molecule has 0 saturated heterocycles. The number of carbonyl (C=O) groups excluding carboxylic acids is 1. The Bertz CT molecular complexity index is 430. The quantitative estimate of drug-likeness (QED) is 0.526. The van der Waals surface area contributed by atoms with Gasteiger partial charge in [0.2, 0.25) is 5.91 Å². The zero-order valence-electron chi connectivity index (χ0n) is 7.67. The first-order valence-corrected chi connectivity index (χ1v) is 5.82. The van der Waals surface area contributed by atoms with E-state index in [2.05, 4.69) is 21.2 Å². The Morgan fingerprint density at radius 2 is 1.94 bits per heavy atom. The summed E-state index contributed by atoms with van der Waals surface area (Å²) in [5.74, 6) is -0.349. The van der Waals surface area contributed by atoms with Crippen LogP contribution in [0, 0.1) is 10.1 Å². The van der Waals surface area contributed by atoms with E-state index in [-0.39, 0.29) is 32.7 Å². The number of non-ortho nitro benzene ring substituents is 1. The van der Waals surface area contributed by atoms with Gasteiger partial charge in [-0.2, -0.15) is 0 Å². The van der Waals surface area contributed by atoms with E-state index in [0.29, 0.717) is 0 Å². The zero-order chi connectivity index (χ0) is 12.3. The summed E-state index contributed by atoms with van der Waals surface area (Å²) in [7, 11) is 0. The number of anilines is 1. The van der Waals surface area contributed by atoms with Gasteiger partial charge in [0, 0.05) is 12.1 Å². The minimum atomic E-state index is -0.617. The van der Waals surface area contributed by atoms with Crippen LogP contribution in [0.1, 0.15) is 0 Å². The molecule has 0 unspecified atom stereocenters. The minimum Gasteiger partial charge on any atom is -0.323 e. The largest absolute Gasteiger partial charge is 0.323 e. The number of rotatable bonds is 3. The molecule has 0 heterocycles. The summed E-state index contributed by atoms with van der Waals surface area (Å²) in [6.45, 7) is 0. The molecule has 0 aliphatic rings. The van der Waals surface area contributed by atoms with Crippen LogP contribution in [0.15, 0.2) is 12.1 Å². The Kier molecular flexibility index (Phi) is 4.52. The lowest BCUT2D eigenvalue weighted by molar-refractivity contribution is -0.384.